The van der Waals surface area contributed by atoms with E-state index in [9.17, 15) is 4.79 Å². The van der Waals surface area contributed by atoms with E-state index < -0.39 is 0 Å². The molecule has 0 spiro atoms. The third-order valence-corrected chi connectivity index (χ3v) is 2.21. The van der Waals surface area contributed by atoms with Crippen molar-refractivity contribution >= 4 is 5.97 Å². The molecule has 0 aliphatic carbocycles. The molecule has 0 radical (unpaired) electrons. The van der Waals surface area contributed by atoms with Gasteiger partial charge in [-0.3, -0.25) is 4.79 Å². The fraction of sp³-hybridized carbons (Fsp3) is 0.769. The van der Waals surface area contributed by atoms with Gasteiger partial charge in [-0.1, -0.05) is 45.6 Å². The van der Waals surface area contributed by atoms with E-state index in [0.29, 0.717) is 13.0 Å². The summed E-state index contributed by atoms with van der Waals surface area (Å²) in [5.74, 6) is -0.0894. The van der Waals surface area contributed by atoms with E-state index in [2.05, 4.69) is 13.5 Å². The molecule has 0 atom stereocenters. The molecule has 2 nitrogen and oxygen atoms in total. The van der Waals surface area contributed by atoms with Crippen LogP contribution in [0.2, 0.25) is 0 Å². The quantitative estimate of drug-likeness (QED) is 0.329. The Balaban J connectivity index is 3.20. The van der Waals surface area contributed by atoms with Crippen LogP contribution in [-0.4, -0.2) is 12.6 Å². The average molecular weight is 212 g/mol. The van der Waals surface area contributed by atoms with Crippen molar-refractivity contribution in [3.63, 3.8) is 0 Å². The third-order valence-electron chi connectivity index (χ3n) is 2.21. The van der Waals surface area contributed by atoms with Crippen LogP contribution < -0.4 is 0 Å². The maximum absolute atomic E-state index is 11.2. The van der Waals surface area contributed by atoms with Crippen molar-refractivity contribution in [1.29, 1.82) is 0 Å². The Morgan fingerprint density at radius 1 is 1.13 bits per heavy atom. The molecule has 15 heavy (non-hydrogen) atoms. The molecule has 0 aromatic carbocycles. The van der Waals surface area contributed by atoms with Crippen LogP contribution in [0, 0.1) is 0 Å². The van der Waals surface area contributed by atoms with E-state index in [0.717, 1.165) is 18.4 Å². The number of hydrogen-bond acceptors (Lipinski definition) is 2. The van der Waals surface area contributed by atoms with Crippen molar-refractivity contribution in [1.82, 2.24) is 0 Å². The summed E-state index contributed by atoms with van der Waals surface area (Å²) in [5, 5.41) is 0. The zero-order valence-corrected chi connectivity index (χ0v) is 10.2. The second-order valence-corrected chi connectivity index (χ2v) is 4.14. The number of ether oxygens (including phenoxy) is 1. The lowest BCUT2D eigenvalue weighted by Gasteiger charge is -2.03. The molecular weight excluding hydrogens is 188 g/mol. The summed E-state index contributed by atoms with van der Waals surface area (Å²) in [6, 6.07) is 0. The lowest BCUT2D eigenvalue weighted by Crippen LogP contribution is -2.05. The highest BCUT2D eigenvalue weighted by Crippen LogP contribution is 2.07. The van der Waals surface area contributed by atoms with Gasteiger partial charge in [0, 0.05) is 6.42 Å². The smallest absolute Gasteiger partial charge is 0.306 e. The molecular formula is C13H24O2. The highest BCUT2D eigenvalue weighted by atomic mass is 16.5. The summed E-state index contributed by atoms with van der Waals surface area (Å²) >= 11 is 0. The molecule has 0 aliphatic rings. The minimum Gasteiger partial charge on any atom is -0.461 e. The maximum atomic E-state index is 11.2. The summed E-state index contributed by atoms with van der Waals surface area (Å²) in [4.78, 5) is 11.2. The van der Waals surface area contributed by atoms with E-state index >= 15 is 0 Å². The topological polar surface area (TPSA) is 26.3 Å². The lowest BCUT2D eigenvalue weighted by molar-refractivity contribution is -0.142. The number of unbranched alkanes of at least 4 members (excludes halogenated alkanes) is 5. The third kappa shape index (κ3) is 11.1. The SMILES string of the molecule is C=C(C)COC(=O)CCCCCCCC. The number of esters is 1. The van der Waals surface area contributed by atoms with Gasteiger partial charge in [0.1, 0.15) is 6.61 Å². The number of hydrogen-bond donors (Lipinski definition) is 0. The zero-order chi connectivity index (χ0) is 11.5. The number of carbonyl (C=O) groups excluding carboxylic acids is 1. The van der Waals surface area contributed by atoms with E-state index in [1.54, 1.807) is 0 Å². The Bertz CT molecular complexity index is 185. The second-order valence-electron chi connectivity index (χ2n) is 4.14. The van der Waals surface area contributed by atoms with Gasteiger partial charge in [0.15, 0.2) is 0 Å². The maximum Gasteiger partial charge on any atom is 0.306 e. The number of rotatable bonds is 9. The summed E-state index contributed by atoms with van der Waals surface area (Å²) in [6.07, 6.45) is 7.75. The summed E-state index contributed by atoms with van der Waals surface area (Å²) in [7, 11) is 0. The van der Waals surface area contributed by atoms with Gasteiger partial charge in [-0.05, 0) is 18.9 Å². The molecule has 0 bridgehead atoms. The molecule has 0 saturated carbocycles. The molecule has 0 unspecified atom stereocenters. The van der Waals surface area contributed by atoms with Crippen LogP contribution >= 0.6 is 0 Å². The van der Waals surface area contributed by atoms with Crippen molar-refractivity contribution in [2.24, 2.45) is 0 Å². The van der Waals surface area contributed by atoms with Crippen molar-refractivity contribution in [2.75, 3.05) is 6.61 Å². The zero-order valence-electron chi connectivity index (χ0n) is 10.2. The fourth-order valence-corrected chi connectivity index (χ4v) is 1.33. The Morgan fingerprint density at radius 2 is 1.73 bits per heavy atom. The average Bonchev–Trinajstić information content (AvgIpc) is 2.20. The van der Waals surface area contributed by atoms with Gasteiger partial charge < -0.3 is 4.74 Å². The van der Waals surface area contributed by atoms with E-state index in [1.807, 2.05) is 6.92 Å². The van der Waals surface area contributed by atoms with Gasteiger partial charge in [0.2, 0.25) is 0 Å². The molecule has 0 rings (SSSR count). The molecule has 0 saturated heterocycles. The predicted molar refractivity (Wildman–Crippen MR) is 63.8 cm³/mol. The first-order valence-corrected chi connectivity index (χ1v) is 5.96. The van der Waals surface area contributed by atoms with Crippen LogP contribution in [-0.2, 0) is 9.53 Å². The molecule has 88 valence electrons. The molecule has 0 aromatic rings. The van der Waals surface area contributed by atoms with Gasteiger partial charge in [0.25, 0.3) is 0 Å². The van der Waals surface area contributed by atoms with Gasteiger partial charge >= 0.3 is 5.97 Å². The standard InChI is InChI=1S/C13H24O2/c1-4-5-6-7-8-9-10-13(14)15-11-12(2)3/h2,4-11H2,1,3H3. The van der Waals surface area contributed by atoms with Crippen LogP contribution in [0.5, 0.6) is 0 Å². The van der Waals surface area contributed by atoms with Crippen LogP contribution in [0.25, 0.3) is 0 Å². The molecule has 0 N–H and O–H groups in total. The summed E-state index contributed by atoms with van der Waals surface area (Å²) < 4.78 is 4.99. The minimum absolute atomic E-state index is 0.0894. The van der Waals surface area contributed by atoms with Crippen molar-refractivity contribution in [3.05, 3.63) is 12.2 Å². The Morgan fingerprint density at radius 3 is 2.33 bits per heavy atom. The predicted octanol–water partition coefficient (Wildman–Crippen LogP) is 3.86. The van der Waals surface area contributed by atoms with E-state index in [-0.39, 0.29) is 5.97 Å². The molecule has 0 aliphatic heterocycles. The first-order chi connectivity index (χ1) is 7.16. The molecule has 0 fully saturated rings. The van der Waals surface area contributed by atoms with Crippen LogP contribution in [0.3, 0.4) is 0 Å². The van der Waals surface area contributed by atoms with Gasteiger partial charge in [-0.25, -0.2) is 0 Å². The summed E-state index contributed by atoms with van der Waals surface area (Å²) in [5.41, 5.74) is 0.895. The van der Waals surface area contributed by atoms with Crippen molar-refractivity contribution in [2.45, 2.75) is 58.8 Å². The highest BCUT2D eigenvalue weighted by Gasteiger charge is 2.01. The second kappa shape index (κ2) is 9.75. The molecule has 0 aromatic heterocycles. The normalized spacial score (nSPS) is 10.0. The van der Waals surface area contributed by atoms with Crippen molar-refractivity contribution in [3.8, 4) is 0 Å². The monoisotopic (exact) mass is 212 g/mol. The van der Waals surface area contributed by atoms with Gasteiger partial charge in [-0.2, -0.15) is 0 Å². The molecule has 0 amide bonds. The summed E-state index contributed by atoms with van der Waals surface area (Å²) in [6.45, 7) is 8.11. The van der Waals surface area contributed by atoms with Gasteiger partial charge in [0.05, 0.1) is 0 Å². The fourth-order valence-electron chi connectivity index (χ4n) is 1.33. The number of carbonyl (C=O) groups is 1. The lowest BCUT2D eigenvalue weighted by atomic mass is 10.1. The minimum atomic E-state index is -0.0894. The first-order valence-electron chi connectivity index (χ1n) is 5.96. The van der Waals surface area contributed by atoms with E-state index in [1.165, 1.54) is 25.7 Å². The van der Waals surface area contributed by atoms with Crippen LogP contribution in [0.4, 0.5) is 0 Å². The molecule has 0 heterocycles. The van der Waals surface area contributed by atoms with E-state index in [4.69, 9.17) is 4.74 Å². The Labute approximate surface area is 93.7 Å². The Kier molecular flexibility index (Phi) is 9.24. The van der Waals surface area contributed by atoms with Crippen LogP contribution in [0.1, 0.15) is 58.8 Å². The molecule has 2 heteroatoms. The first kappa shape index (κ1) is 14.2. The van der Waals surface area contributed by atoms with Gasteiger partial charge in [-0.15, -0.1) is 0 Å². The van der Waals surface area contributed by atoms with Crippen LogP contribution in [0.15, 0.2) is 12.2 Å². The largest absolute Gasteiger partial charge is 0.461 e. The Hall–Kier alpha value is -0.790. The highest BCUT2D eigenvalue weighted by molar-refractivity contribution is 5.69. The van der Waals surface area contributed by atoms with Crippen molar-refractivity contribution < 1.29 is 9.53 Å².